The van der Waals surface area contributed by atoms with Crippen LogP contribution in [0.1, 0.15) is 457 Å². The van der Waals surface area contributed by atoms with Gasteiger partial charge in [0.2, 0.25) is 5.91 Å². The van der Waals surface area contributed by atoms with Crippen molar-refractivity contribution in [1.29, 1.82) is 0 Å². The molecule has 0 fully saturated rings. The molecule has 87 heavy (non-hydrogen) atoms. The Morgan fingerprint density at radius 3 is 0.874 bits per heavy atom. The summed E-state index contributed by atoms with van der Waals surface area (Å²) in [6, 6.07) is -0.540. The van der Waals surface area contributed by atoms with Crippen LogP contribution in [0.5, 0.6) is 0 Å². The molecule has 0 aromatic carbocycles. The van der Waals surface area contributed by atoms with Crippen molar-refractivity contribution in [2.45, 2.75) is 469 Å². The number of hydrogen-bond acceptors (Lipinski definition) is 5. The first-order valence-corrected chi connectivity index (χ1v) is 40.1. The van der Waals surface area contributed by atoms with Gasteiger partial charge in [-0.3, -0.25) is 9.59 Å². The molecule has 0 heterocycles. The molecule has 6 nitrogen and oxygen atoms in total. The van der Waals surface area contributed by atoms with Crippen molar-refractivity contribution in [3.63, 3.8) is 0 Å². The van der Waals surface area contributed by atoms with Crippen molar-refractivity contribution in [2.24, 2.45) is 0 Å². The third kappa shape index (κ3) is 73.3. The van der Waals surface area contributed by atoms with Crippen LogP contribution in [-0.2, 0) is 14.3 Å². The summed E-state index contributed by atoms with van der Waals surface area (Å²) in [7, 11) is 0. The second-order valence-corrected chi connectivity index (χ2v) is 27.8. The zero-order valence-corrected chi connectivity index (χ0v) is 59.3. The van der Waals surface area contributed by atoms with E-state index in [2.05, 4.69) is 43.5 Å². The number of ether oxygens (including phenoxy) is 1. The van der Waals surface area contributed by atoms with E-state index in [4.69, 9.17) is 4.74 Å². The number of aliphatic hydroxyl groups is 2. The van der Waals surface area contributed by atoms with Gasteiger partial charge in [0.15, 0.2) is 0 Å². The molecule has 0 rings (SSSR count). The maximum atomic E-state index is 12.6. The second kappa shape index (κ2) is 76.8. The van der Waals surface area contributed by atoms with Gasteiger partial charge in [-0.25, -0.2) is 0 Å². The number of unbranched alkanes of at least 4 members (excludes halogenated alkanes) is 61. The largest absolute Gasteiger partial charge is 0.466 e. The van der Waals surface area contributed by atoms with E-state index < -0.39 is 12.1 Å². The lowest BCUT2D eigenvalue weighted by Crippen LogP contribution is -2.45. The van der Waals surface area contributed by atoms with Crippen LogP contribution in [-0.4, -0.2) is 47.4 Å². The normalized spacial score (nSPS) is 12.6. The van der Waals surface area contributed by atoms with Crippen LogP contribution in [0.15, 0.2) is 24.3 Å². The minimum Gasteiger partial charge on any atom is -0.466 e. The number of nitrogens with one attached hydrogen (secondary N) is 1. The summed E-state index contributed by atoms with van der Waals surface area (Å²) in [5, 5.41) is 23.4. The molecule has 3 N–H and O–H groups in total. The molecule has 0 radical (unpaired) electrons. The van der Waals surface area contributed by atoms with Crippen LogP contribution >= 0.6 is 0 Å². The number of rotatable bonds is 76. The van der Waals surface area contributed by atoms with Gasteiger partial charge in [-0.15, -0.1) is 0 Å². The quantitative estimate of drug-likeness (QED) is 0.0320. The number of aliphatic hydroxyl groups excluding tert-OH is 2. The lowest BCUT2D eigenvalue weighted by Gasteiger charge is -2.22. The number of amides is 1. The van der Waals surface area contributed by atoms with E-state index in [9.17, 15) is 19.8 Å². The highest BCUT2D eigenvalue weighted by atomic mass is 16.5. The van der Waals surface area contributed by atoms with E-state index in [-0.39, 0.29) is 18.5 Å². The van der Waals surface area contributed by atoms with Crippen molar-refractivity contribution >= 4 is 11.9 Å². The zero-order chi connectivity index (χ0) is 62.8. The third-order valence-electron chi connectivity index (χ3n) is 19.0. The molecule has 516 valence electrons. The Bertz CT molecular complexity index is 1360. The first kappa shape index (κ1) is 85.3. The van der Waals surface area contributed by atoms with Crippen LogP contribution in [0.25, 0.3) is 0 Å². The number of hydrogen-bond donors (Lipinski definition) is 3. The smallest absolute Gasteiger partial charge is 0.305 e. The van der Waals surface area contributed by atoms with Gasteiger partial charge < -0.3 is 20.3 Å². The molecule has 0 bridgehead atoms. The van der Waals surface area contributed by atoms with Crippen LogP contribution in [0.2, 0.25) is 0 Å². The lowest BCUT2D eigenvalue weighted by atomic mass is 10.0. The second-order valence-electron chi connectivity index (χ2n) is 27.8. The molecule has 1 amide bonds. The summed E-state index contributed by atoms with van der Waals surface area (Å²) >= 11 is 0. The molecule has 0 saturated heterocycles. The Balaban J connectivity index is 3.36. The Kier molecular flexibility index (Phi) is 75.3. The predicted molar refractivity (Wildman–Crippen MR) is 384 cm³/mol. The van der Waals surface area contributed by atoms with E-state index in [1.807, 2.05) is 0 Å². The Morgan fingerprint density at radius 2 is 0.575 bits per heavy atom. The average Bonchev–Trinajstić information content (AvgIpc) is 3.53. The van der Waals surface area contributed by atoms with Crippen LogP contribution in [0, 0.1) is 0 Å². The number of carbonyl (C=O) groups is 2. The first-order chi connectivity index (χ1) is 43.0. The zero-order valence-electron chi connectivity index (χ0n) is 59.3. The summed E-state index contributed by atoms with van der Waals surface area (Å²) in [5.41, 5.74) is 0. The molecule has 0 aromatic heterocycles. The van der Waals surface area contributed by atoms with Gasteiger partial charge in [-0.1, -0.05) is 411 Å². The molecule has 0 spiro atoms. The van der Waals surface area contributed by atoms with Gasteiger partial charge in [-0.2, -0.15) is 0 Å². The van der Waals surface area contributed by atoms with Gasteiger partial charge in [-0.05, 0) is 57.8 Å². The predicted octanol–water partition coefficient (Wildman–Crippen LogP) is 26.4. The van der Waals surface area contributed by atoms with Crippen molar-refractivity contribution in [3.05, 3.63) is 24.3 Å². The molecule has 2 atom stereocenters. The van der Waals surface area contributed by atoms with Crippen molar-refractivity contribution < 1.29 is 24.5 Å². The summed E-state index contributed by atoms with van der Waals surface area (Å²) in [5.74, 6) is -0.00648. The fourth-order valence-electron chi connectivity index (χ4n) is 12.9. The maximum absolute atomic E-state index is 12.6. The lowest BCUT2D eigenvalue weighted by molar-refractivity contribution is -0.143. The highest BCUT2D eigenvalue weighted by Gasteiger charge is 2.20. The van der Waals surface area contributed by atoms with E-state index in [0.717, 1.165) is 44.9 Å². The van der Waals surface area contributed by atoms with Crippen LogP contribution < -0.4 is 5.32 Å². The molecular formula is C81H157NO5. The van der Waals surface area contributed by atoms with Gasteiger partial charge >= 0.3 is 5.97 Å². The van der Waals surface area contributed by atoms with E-state index in [0.29, 0.717) is 25.9 Å². The number of allylic oxidation sites excluding steroid dienone is 4. The van der Waals surface area contributed by atoms with E-state index in [1.165, 1.54) is 379 Å². The van der Waals surface area contributed by atoms with E-state index in [1.54, 1.807) is 0 Å². The number of esters is 1. The average molecular weight is 1230 g/mol. The number of carbonyl (C=O) groups excluding carboxylic acids is 2. The van der Waals surface area contributed by atoms with Gasteiger partial charge in [0.1, 0.15) is 0 Å². The maximum Gasteiger partial charge on any atom is 0.305 e. The minimum absolute atomic E-state index is 0.0213. The van der Waals surface area contributed by atoms with Crippen molar-refractivity contribution in [3.8, 4) is 0 Å². The molecule has 0 aromatic rings. The summed E-state index contributed by atoms with van der Waals surface area (Å²) in [6.07, 6.45) is 98.4. The van der Waals surface area contributed by atoms with Gasteiger partial charge in [0.05, 0.1) is 25.4 Å². The Labute approximate surface area is 545 Å². The van der Waals surface area contributed by atoms with E-state index >= 15 is 0 Å². The summed E-state index contributed by atoms with van der Waals surface area (Å²) in [4.78, 5) is 24.7. The molecule has 0 aliphatic carbocycles. The minimum atomic E-state index is -0.663. The van der Waals surface area contributed by atoms with Crippen LogP contribution in [0.3, 0.4) is 0 Å². The standard InChI is InChI=1S/C81H157NO5/c1-3-5-7-9-11-13-15-17-19-21-39-42-45-49-53-57-61-65-69-73-79(84)78(77-83)82-80(85)74-70-66-62-58-54-50-46-43-40-37-35-33-31-29-27-25-23-22-24-26-28-30-32-34-36-38-41-44-48-52-56-60-64-68-72-76-87-81(86)75-71-67-63-59-55-51-47-20-18-16-14-12-10-8-6-4-2/h24,26,30,32,78-79,83-84H,3-23,25,27-29,31,33-77H2,1-2H3,(H,82,85)/b26-24-,32-30-. The molecule has 0 aliphatic heterocycles. The highest BCUT2D eigenvalue weighted by Crippen LogP contribution is 2.20. The highest BCUT2D eigenvalue weighted by molar-refractivity contribution is 5.76. The molecule has 6 heteroatoms. The summed E-state index contributed by atoms with van der Waals surface area (Å²) in [6.45, 7) is 5.01. The SMILES string of the molecule is CCCCCCCCCCCCCCCCCCCCCC(O)C(CO)NC(=O)CCCCCCCCCCCCCCCCCCC/C=C\C/C=C\CCCCCCCCCCCCCOC(=O)CCCCCCCCCCCCCCCCCC. The monoisotopic (exact) mass is 1220 g/mol. The fraction of sp³-hybridized carbons (Fsp3) is 0.926. The molecular weight excluding hydrogens is 1070 g/mol. The third-order valence-corrected chi connectivity index (χ3v) is 19.0. The first-order valence-electron chi connectivity index (χ1n) is 40.1. The van der Waals surface area contributed by atoms with Crippen molar-refractivity contribution in [1.82, 2.24) is 5.32 Å². The summed E-state index contributed by atoms with van der Waals surface area (Å²) < 4.78 is 5.51. The van der Waals surface area contributed by atoms with Gasteiger partial charge in [0, 0.05) is 12.8 Å². The van der Waals surface area contributed by atoms with Gasteiger partial charge in [0.25, 0.3) is 0 Å². The topological polar surface area (TPSA) is 95.9 Å². The molecule has 2 unspecified atom stereocenters. The van der Waals surface area contributed by atoms with Crippen molar-refractivity contribution in [2.75, 3.05) is 13.2 Å². The Hall–Kier alpha value is -1.66. The fourth-order valence-corrected chi connectivity index (χ4v) is 12.9. The molecule has 0 saturated carbocycles. The van der Waals surface area contributed by atoms with Crippen LogP contribution in [0.4, 0.5) is 0 Å². The Morgan fingerprint density at radius 1 is 0.322 bits per heavy atom. The molecule has 0 aliphatic rings.